The van der Waals surface area contributed by atoms with Gasteiger partial charge in [0.25, 0.3) is 0 Å². The predicted octanol–water partition coefficient (Wildman–Crippen LogP) is 7.80. The number of carboxylic acids is 1. The van der Waals surface area contributed by atoms with Gasteiger partial charge >= 0.3 is 12.3 Å². The summed E-state index contributed by atoms with van der Waals surface area (Å²) in [7, 11) is 0. The molecule has 0 aliphatic rings. The van der Waals surface area contributed by atoms with Crippen LogP contribution < -0.4 is 9.47 Å². The maximum absolute atomic E-state index is 13.6. The number of fused-ring (bicyclic) bond motifs is 1. The van der Waals surface area contributed by atoms with Crippen LogP contribution in [0.5, 0.6) is 11.5 Å². The Balaban J connectivity index is 1.80. The summed E-state index contributed by atoms with van der Waals surface area (Å²) in [5, 5.41) is 10.6. The molecule has 0 radical (unpaired) electrons. The number of ether oxygens (including phenoxy) is 2. The minimum absolute atomic E-state index is 0.167. The molecule has 1 heterocycles. The van der Waals surface area contributed by atoms with Gasteiger partial charge in [-0.25, -0.2) is 4.79 Å². The smallest absolute Gasteiger partial charge is 0.478 e. The molecule has 0 aliphatic heterocycles. The minimum Gasteiger partial charge on any atom is -0.478 e. The second-order valence-electron chi connectivity index (χ2n) is 9.64. The Morgan fingerprint density at radius 3 is 2.27 bits per heavy atom. The second kappa shape index (κ2) is 11.3. The molecule has 0 fully saturated rings. The highest BCUT2D eigenvalue weighted by Gasteiger charge is 2.35. The highest BCUT2D eigenvalue weighted by molar-refractivity contribution is 6.30. The Kier molecular flexibility index (Phi) is 8.16. The van der Waals surface area contributed by atoms with E-state index in [1.807, 2.05) is 6.92 Å². The fourth-order valence-corrected chi connectivity index (χ4v) is 4.84. The molecule has 210 valence electrons. The number of nitrogens with zero attached hydrogens (tertiary/aromatic N) is 1. The topological polar surface area (TPSA) is 77.8 Å². The van der Waals surface area contributed by atoms with Gasteiger partial charge in [0.2, 0.25) is 5.60 Å². The van der Waals surface area contributed by atoms with Crippen molar-refractivity contribution in [1.29, 1.82) is 0 Å². The summed E-state index contributed by atoms with van der Waals surface area (Å²) in [6, 6.07) is 17.0. The summed E-state index contributed by atoms with van der Waals surface area (Å²) in [4.78, 5) is 25.4. The second-order valence-corrected chi connectivity index (χ2v) is 10.1. The summed E-state index contributed by atoms with van der Waals surface area (Å²) < 4.78 is 50.7. The van der Waals surface area contributed by atoms with E-state index in [1.165, 1.54) is 25.1 Å². The monoisotopic (exact) mass is 573 g/mol. The van der Waals surface area contributed by atoms with E-state index >= 15 is 0 Å². The number of carbonyl (C=O) groups excluding carboxylic acids is 1. The number of aliphatic carboxylic acids is 1. The molecule has 0 amide bonds. The Morgan fingerprint density at radius 1 is 0.975 bits per heavy atom. The van der Waals surface area contributed by atoms with Crippen LogP contribution in [0.15, 0.2) is 66.7 Å². The third-order valence-corrected chi connectivity index (χ3v) is 6.88. The first kappa shape index (κ1) is 29.0. The minimum atomic E-state index is -4.89. The number of rotatable bonds is 10. The van der Waals surface area contributed by atoms with Gasteiger partial charge in [0.05, 0.1) is 11.1 Å². The number of carbonyl (C=O) groups is 2. The molecule has 3 aromatic carbocycles. The first-order valence-corrected chi connectivity index (χ1v) is 12.9. The third-order valence-electron chi connectivity index (χ3n) is 6.62. The van der Waals surface area contributed by atoms with Crippen molar-refractivity contribution in [3.05, 3.63) is 94.1 Å². The molecule has 1 atom stereocenters. The maximum Gasteiger partial charge on any atom is 0.573 e. The van der Waals surface area contributed by atoms with Crippen LogP contribution >= 0.6 is 11.6 Å². The quantitative estimate of drug-likeness (QED) is 0.196. The molecule has 0 spiro atoms. The average Bonchev–Trinajstić information content (AvgIpc) is 3.14. The van der Waals surface area contributed by atoms with E-state index in [-0.39, 0.29) is 12.3 Å². The lowest BCUT2D eigenvalue weighted by Crippen LogP contribution is -2.41. The van der Waals surface area contributed by atoms with Crippen molar-refractivity contribution in [1.82, 2.24) is 4.57 Å². The van der Waals surface area contributed by atoms with E-state index in [0.29, 0.717) is 56.9 Å². The number of carboxylic acid groups (broad SMARTS) is 1. The SMILES string of the molecule is CCCC(C)(Oc1cccc(Cn2c(C)c(C(=O)c3ccc(Cl)cc3)c3ccc(OC(F)(F)F)cc32)c1)C(=O)O. The zero-order valence-corrected chi connectivity index (χ0v) is 22.8. The van der Waals surface area contributed by atoms with Gasteiger partial charge in [-0.3, -0.25) is 4.79 Å². The van der Waals surface area contributed by atoms with Gasteiger partial charge in [-0.2, -0.15) is 0 Å². The molecule has 4 rings (SSSR count). The van der Waals surface area contributed by atoms with Gasteiger partial charge in [0.1, 0.15) is 11.5 Å². The zero-order chi connectivity index (χ0) is 29.2. The largest absolute Gasteiger partial charge is 0.573 e. The molecule has 1 unspecified atom stereocenters. The Morgan fingerprint density at radius 2 is 1.65 bits per heavy atom. The van der Waals surface area contributed by atoms with Crippen LogP contribution in [-0.4, -0.2) is 33.4 Å². The maximum atomic E-state index is 13.6. The van der Waals surface area contributed by atoms with Crippen molar-refractivity contribution < 1.29 is 37.3 Å². The summed E-state index contributed by atoms with van der Waals surface area (Å²) in [6.07, 6.45) is -3.99. The van der Waals surface area contributed by atoms with E-state index in [4.69, 9.17) is 16.3 Å². The lowest BCUT2D eigenvalue weighted by Gasteiger charge is -2.26. The van der Waals surface area contributed by atoms with Crippen LogP contribution in [0.4, 0.5) is 13.2 Å². The molecule has 1 aromatic heterocycles. The first-order valence-electron chi connectivity index (χ1n) is 12.5. The molecule has 0 aliphatic carbocycles. The number of hydrogen-bond donors (Lipinski definition) is 1. The Bertz CT molecular complexity index is 1560. The number of alkyl halides is 3. The first-order chi connectivity index (χ1) is 18.8. The summed E-state index contributed by atoms with van der Waals surface area (Å²) in [5.74, 6) is -1.48. The third kappa shape index (κ3) is 6.25. The van der Waals surface area contributed by atoms with E-state index in [0.717, 1.165) is 0 Å². The van der Waals surface area contributed by atoms with Crippen molar-refractivity contribution >= 4 is 34.3 Å². The molecule has 0 saturated heterocycles. The van der Waals surface area contributed by atoms with Crippen molar-refractivity contribution in [3.8, 4) is 11.5 Å². The van der Waals surface area contributed by atoms with Crippen LogP contribution in [-0.2, 0) is 11.3 Å². The molecule has 4 aromatic rings. The fourth-order valence-electron chi connectivity index (χ4n) is 4.72. The van der Waals surface area contributed by atoms with E-state index in [1.54, 1.807) is 60.0 Å². The van der Waals surface area contributed by atoms with Crippen LogP contribution in [0.2, 0.25) is 5.02 Å². The molecule has 0 saturated carbocycles. The standard InChI is InChI=1S/C30H27ClF3NO5/c1-4-14-29(3,28(37)38)39-22-7-5-6-19(15-22)17-35-18(2)26(27(36)20-8-10-21(31)11-9-20)24-13-12-23(16-25(24)35)40-30(32,33)34/h5-13,15-16H,4,14,17H2,1-3H3,(H,37,38). The number of aromatic nitrogens is 1. The molecule has 40 heavy (non-hydrogen) atoms. The Labute approximate surface area is 233 Å². The van der Waals surface area contributed by atoms with Gasteiger partial charge in [-0.15, -0.1) is 13.2 Å². The molecular formula is C30H27ClF3NO5. The van der Waals surface area contributed by atoms with E-state index in [9.17, 15) is 27.9 Å². The van der Waals surface area contributed by atoms with Gasteiger partial charge in [-0.05, 0) is 74.4 Å². The fraction of sp³-hybridized carbons (Fsp3) is 0.267. The van der Waals surface area contributed by atoms with Crippen LogP contribution in [0.3, 0.4) is 0 Å². The van der Waals surface area contributed by atoms with E-state index in [2.05, 4.69) is 4.74 Å². The number of halogens is 4. The lowest BCUT2D eigenvalue weighted by molar-refractivity contribution is -0.274. The zero-order valence-electron chi connectivity index (χ0n) is 22.0. The molecule has 0 bridgehead atoms. The van der Waals surface area contributed by atoms with Crippen LogP contribution in [0.25, 0.3) is 10.9 Å². The average molecular weight is 574 g/mol. The molecular weight excluding hydrogens is 547 g/mol. The van der Waals surface area contributed by atoms with Gasteiger partial charge < -0.3 is 19.1 Å². The highest BCUT2D eigenvalue weighted by Crippen LogP contribution is 2.34. The number of hydrogen-bond acceptors (Lipinski definition) is 4. The lowest BCUT2D eigenvalue weighted by atomic mass is 10.0. The van der Waals surface area contributed by atoms with Crippen molar-refractivity contribution in [3.63, 3.8) is 0 Å². The van der Waals surface area contributed by atoms with Gasteiger partial charge in [0.15, 0.2) is 5.78 Å². The predicted molar refractivity (Wildman–Crippen MR) is 145 cm³/mol. The van der Waals surface area contributed by atoms with Gasteiger partial charge in [0, 0.05) is 34.3 Å². The summed E-state index contributed by atoms with van der Waals surface area (Å²) in [6.45, 7) is 5.25. The van der Waals surface area contributed by atoms with Crippen molar-refractivity contribution in [2.75, 3.05) is 0 Å². The molecule has 10 heteroatoms. The van der Waals surface area contributed by atoms with Crippen molar-refractivity contribution in [2.24, 2.45) is 0 Å². The highest BCUT2D eigenvalue weighted by atomic mass is 35.5. The summed E-state index contributed by atoms with van der Waals surface area (Å²) in [5.41, 5.74) is 0.877. The van der Waals surface area contributed by atoms with Crippen LogP contribution in [0, 0.1) is 6.92 Å². The Hall–Kier alpha value is -3.98. The van der Waals surface area contributed by atoms with Crippen molar-refractivity contribution in [2.45, 2.75) is 52.1 Å². The number of ketones is 1. The van der Waals surface area contributed by atoms with E-state index < -0.39 is 23.7 Å². The molecule has 1 N–H and O–H groups in total. The normalized spacial score (nSPS) is 13.2. The summed E-state index contributed by atoms with van der Waals surface area (Å²) >= 11 is 5.98. The van der Waals surface area contributed by atoms with Crippen LogP contribution in [0.1, 0.15) is 53.9 Å². The van der Waals surface area contributed by atoms with Gasteiger partial charge in [-0.1, -0.05) is 37.1 Å². The number of benzene rings is 3. The molecule has 6 nitrogen and oxygen atoms in total.